The fourth-order valence-electron chi connectivity index (χ4n) is 2.81. The van der Waals surface area contributed by atoms with Gasteiger partial charge >= 0.3 is 0 Å². The van der Waals surface area contributed by atoms with E-state index in [1.165, 1.54) is 0 Å². The van der Waals surface area contributed by atoms with Crippen molar-refractivity contribution in [2.24, 2.45) is 11.8 Å². The molecule has 0 radical (unpaired) electrons. The van der Waals surface area contributed by atoms with Crippen LogP contribution < -0.4 is 5.32 Å². The van der Waals surface area contributed by atoms with E-state index in [4.69, 9.17) is 0 Å². The average Bonchev–Trinajstić information content (AvgIpc) is 2.75. The lowest BCUT2D eigenvalue weighted by atomic mass is 9.98. The smallest absolute Gasteiger partial charge is 0.251 e. The number of nitrogens with one attached hydrogen (secondary N) is 1. The number of rotatable bonds is 10. The van der Waals surface area contributed by atoms with Gasteiger partial charge in [0.25, 0.3) is 5.91 Å². The number of Topliss-reactive ketones (excluding diaryl/α,β-unsaturated/α-hetero) is 3. The van der Waals surface area contributed by atoms with Gasteiger partial charge in [-0.2, -0.15) is 0 Å². The Hall–Kier alpha value is -3.08. The molecule has 30 heavy (non-hydrogen) atoms. The molecule has 0 saturated heterocycles. The number of hydrogen-bond donors (Lipinski definition) is 1. The molecule has 0 spiro atoms. The highest BCUT2D eigenvalue weighted by atomic mass is 16.2. The van der Waals surface area contributed by atoms with Gasteiger partial charge in [0.15, 0.2) is 11.6 Å². The maximum absolute atomic E-state index is 12.3. The Kier molecular flexibility index (Phi) is 8.22. The van der Waals surface area contributed by atoms with Crippen molar-refractivity contribution in [2.75, 3.05) is 6.54 Å². The van der Waals surface area contributed by atoms with Crippen molar-refractivity contribution >= 4 is 23.3 Å². The number of amides is 1. The predicted molar refractivity (Wildman–Crippen MR) is 117 cm³/mol. The van der Waals surface area contributed by atoms with Crippen LogP contribution in [0.3, 0.4) is 0 Å². The first-order valence-corrected chi connectivity index (χ1v) is 10.3. The summed E-state index contributed by atoms with van der Waals surface area (Å²) < 4.78 is 0. The van der Waals surface area contributed by atoms with E-state index in [0.717, 1.165) is 11.1 Å². The van der Waals surface area contributed by atoms with Gasteiger partial charge in [-0.25, -0.2) is 0 Å². The summed E-state index contributed by atoms with van der Waals surface area (Å²) in [4.78, 5) is 47.8. The van der Waals surface area contributed by atoms with Crippen molar-refractivity contribution in [1.82, 2.24) is 5.32 Å². The first kappa shape index (κ1) is 23.2. The van der Waals surface area contributed by atoms with Gasteiger partial charge in [0.1, 0.15) is 5.78 Å². The Morgan fingerprint density at radius 2 is 1.13 bits per heavy atom. The molecule has 0 aliphatic rings. The molecule has 0 heterocycles. The van der Waals surface area contributed by atoms with Crippen molar-refractivity contribution in [2.45, 2.75) is 40.5 Å². The van der Waals surface area contributed by atoms with E-state index in [1.54, 1.807) is 38.1 Å². The van der Waals surface area contributed by atoms with Gasteiger partial charge in [-0.3, -0.25) is 19.2 Å². The fourth-order valence-corrected chi connectivity index (χ4v) is 2.81. The number of carbonyl (C=O) groups excluding carboxylic acids is 4. The molecule has 0 bridgehead atoms. The highest BCUT2D eigenvalue weighted by Gasteiger charge is 2.13. The maximum atomic E-state index is 12.3. The summed E-state index contributed by atoms with van der Waals surface area (Å²) in [7, 11) is 0. The van der Waals surface area contributed by atoms with Gasteiger partial charge in [0.05, 0.1) is 6.54 Å². The zero-order valence-corrected chi connectivity index (χ0v) is 18.0. The number of carbonyl (C=O) groups is 4. The van der Waals surface area contributed by atoms with Crippen LogP contribution in [0.2, 0.25) is 0 Å². The van der Waals surface area contributed by atoms with Gasteiger partial charge in [-0.05, 0) is 23.3 Å². The highest BCUT2D eigenvalue weighted by Crippen LogP contribution is 2.21. The molecule has 0 atom stereocenters. The van der Waals surface area contributed by atoms with Gasteiger partial charge < -0.3 is 5.32 Å². The Labute approximate surface area is 177 Å². The van der Waals surface area contributed by atoms with Crippen LogP contribution in [0, 0.1) is 11.8 Å². The Balaban J connectivity index is 1.98. The van der Waals surface area contributed by atoms with E-state index in [0.29, 0.717) is 11.1 Å². The molecule has 158 valence electrons. The molecule has 0 aliphatic carbocycles. The van der Waals surface area contributed by atoms with Crippen molar-refractivity contribution in [3.63, 3.8) is 0 Å². The summed E-state index contributed by atoms with van der Waals surface area (Å²) in [5, 5.41) is 2.64. The molecule has 5 nitrogen and oxygen atoms in total. The first-order chi connectivity index (χ1) is 14.2. The minimum absolute atomic E-state index is 0.0109. The second kappa shape index (κ2) is 10.6. The standard InChI is InChI=1S/C25H29NO4/c1-16(2)22(27)13-14-23(28)20-9-5-18(6-10-20)19-7-11-21(12-8-19)25(30)26-15-24(29)17(3)4/h5-12,16-17H,13-15H2,1-4H3,(H,26,30). The van der Waals surface area contributed by atoms with Crippen LogP contribution in [0.15, 0.2) is 48.5 Å². The second-order valence-corrected chi connectivity index (χ2v) is 8.00. The summed E-state index contributed by atoms with van der Waals surface area (Å²) in [6, 6.07) is 14.3. The van der Waals surface area contributed by atoms with E-state index in [1.807, 2.05) is 38.1 Å². The van der Waals surface area contributed by atoms with Crippen LogP contribution >= 0.6 is 0 Å². The molecule has 2 aromatic carbocycles. The van der Waals surface area contributed by atoms with Gasteiger partial charge in [-0.1, -0.05) is 64.1 Å². The normalized spacial score (nSPS) is 10.9. The highest BCUT2D eigenvalue weighted by molar-refractivity contribution is 5.99. The molecular formula is C25H29NO4. The van der Waals surface area contributed by atoms with E-state index in [-0.39, 0.29) is 54.5 Å². The maximum Gasteiger partial charge on any atom is 0.251 e. The minimum Gasteiger partial charge on any atom is -0.345 e. The number of ketones is 3. The van der Waals surface area contributed by atoms with Crippen molar-refractivity contribution < 1.29 is 19.2 Å². The van der Waals surface area contributed by atoms with Crippen LogP contribution in [-0.4, -0.2) is 29.8 Å². The molecule has 2 rings (SSSR count). The first-order valence-electron chi connectivity index (χ1n) is 10.3. The molecule has 0 aliphatic heterocycles. The van der Waals surface area contributed by atoms with E-state index < -0.39 is 0 Å². The van der Waals surface area contributed by atoms with Gasteiger partial charge in [0.2, 0.25) is 0 Å². The summed E-state index contributed by atoms with van der Waals surface area (Å²) >= 11 is 0. The average molecular weight is 408 g/mol. The second-order valence-electron chi connectivity index (χ2n) is 8.00. The van der Waals surface area contributed by atoms with Crippen LogP contribution in [0.1, 0.15) is 61.3 Å². The fraction of sp³-hybridized carbons (Fsp3) is 0.360. The molecular weight excluding hydrogens is 378 g/mol. The van der Waals surface area contributed by atoms with Gasteiger partial charge in [-0.15, -0.1) is 0 Å². The Bertz CT molecular complexity index is 832. The van der Waals surface area contributed by atoms with Crippen molar-refractivity contribution in [3.8, 4) is 11.1 Å². The largest absolute Gasteiger partial charge is 0.345 e. The lowest BCUT2D eigenvalue weighted by Gasteiger charge is -2.08. The summed E-state index contributed by atoms with van der Waals surface area (Å²) in [5.41, 5.74) is 2.91. The van der Waals surface area contributed by atoms with E-state index >= 15 is 0 Å². The molecule has 1 amide bonds. The lowest BCUT2D eigenvalue weighted by molar-refractivity contribution is -0.122. The molecule has 1 N–H and O–H groups in total. The molecule has 2 aromatic rings. The third-order valence-electron chi connectivity index (χ3n) is 5.00. The molecule has 0 fully saturated rings. The monoisotopic (exact) mass is 407 g/mol. The zero-order chi connectivity index (χ0) is 22.3. The molecule has 5 heteroatoms. The summed E-state index contributed by atoms with van der Waals surface area (Å²) in [6.07, 6.45) is 0.490. The lowest BCUT2D eigenvalue weighted by Crippen LogP contribution is -2.31. The number of hydrogen-bond acceptors (Lipinski definition) is 4. The Morgan fingerprint density at radius 1 is 0.667 bits per heavy atom. The minimum atomic E-state index is -0.285. The zero-order valence-electron chi connectivity index (χ0n) is 18.0. The van der Waals surface area contributed by atoms with Crippen LogP contribution in [0.5, 0.6) is 0 Å². The number of benzene rings is 2. The van der Waals surface area contributed by atoms with Crippen LogP contribution in [0.4, 0.5) is 0 Å². The van der Waals surface area contributed by atoms with E-state index in [9.17, 15) is 19.2 Å². The quantitative estimate of drug-likeness (QED) is 0.588. The SMILES string of the molecule is CC(C)C(=O)CCC(=O)c1ccc(-c2ccc(C(=O)NCC(=O)C(C)C)cc2)cc1. The molecule has 0 unspecified atom stereocenters. The van der Waals surface area contributed by atoms with E-state index in [2.05, 4.69) is 5.32 Å². The van der Waals surface area contributed by atoms with Gasteiger partial charge in [0, 0.05) is 35.8 Å². The summed E-state index contributed by atoms with van der Waals surface area (Å²) in [6.45, 7) is 7.29. The summed E-state index contributed by atoms with van der Waals surface area (Å²) in [5.74, 6) is -0.411. The molecule has 0 saturated carbocycles. The van der Waals surface area contributed by atoms with Crippen LogP contribution in [-0.2, 0) is 9.59 Å². The predicted octanol–water partition coefficient (Wildman–Crippen LogP) is 4.50. The molecule has 0 aromatic heterocycles. The van der Waals surface area contributed by atoms with Crippen molar-refractivity contribution in [3.05, 3.63) is 59.7 Å². The third-order valence-corrected chi connectivity index (χ3v) is 5.00. The van der Waals surface area contributed by atoms with Crippen LogP contribution in [0.25, 0.3) is 11.1 Å². The van der Waals surface area contributed by atoms with Crippen molar-refractivity contribution in [1.29, 1.82) is 0 Å². The topological polar surface area (TPSA) is 80.3 Å². The Morgan fingerprint density at radius 3 is 1.60 bits per heavy atom. The third kappa shape index (κ3) is 6.48.